The lowest BCUT2D eigenvalue weighted by Crippen LogP contribution is -2.30. The van der Waals surface area contributed by atoms with Crippen LogP contribution in [0.25, 0.3) is 6.08 Å². The van der Waals surface area contributed by atoms with E-state index in [1.807, 2.05) is 18.2 Å². The van der Waals surface area contributed by atoms with Gasteiger partial charge in [0, 0.05) is 21.8 Å². The second-order valence-electron chi connectivity index (χ2n) is 8.70. The van der Waals surface area contributed by atoms with Crippen molar-refractivity contribution in [2.75, 3.05) is 30.6 Å². The molecular formula is C32H29N3O5S. The van der Waals surface area contributed by atoms with Gasteiger partial charge in [0.2, 0.25) is 5.91 Å². The number of hydrogen-bond acceptors (Lipinski definition) is 6. The van der Waals surface area contributed by atoms with E-state index in [0.717, 1.165) is 4.90 Å². The molecule has 0 spiro atoms. The zero-order valence-electron chi connectivity index (χ0n) is 22.5. The Hall–Kier alpha value is -5.02. The molecule has 0 atom stereocenters. The van der Waals surface area contributed by atoms with Crippen LogP contribution in [-0.4, -0.2) is 37.7 Å². The average Bonchev–Trinajstić information content (AvgIpc) is 3.01. The van der Waals surface area contributed by atoms with Crippen molar-refractivity contribution in [3.8, 4) is 11.5 Å². The predicted octanol–water partition coefficient (Wildman–Crippen LogP) is 5.84. The van der Waals surface area contributed by atoms with Crippen molar-refractivity contribution in [3.05, 3.63) is 120 Å². The summed E-state index contributed by atoms with van der Waals surface area (Å²) in [5, 5.41) is 8.40. The van der Waals surface area contributed by atoms with Gasteiger partial charge in [0.1, 0.15) is 17.2 Å². The van der Waals surface area contributed by atoms with Crippen LogP contribution in [0.5, 0.6) is 11.5 Å². The number of hydrogen-bond donors (Lipinski definition) is 3. The molecule has 0 aliphatic carbocycles. The number of carbonyl (C=O) groups excluding carboxylic acids is 3. The highest BCUT2D eigenvalue weighted by molar-refractivity contribution is 8.00. The maximum Gasteiger partial charge on any atom is 0.272 e. The highest BCUT2D eigenvalue weighted by atomic mass is 32.2. The van der Waals surface area contributed by atoms with Crippen LogP contribution in [-0.2, 0) is 9.59 Å². The van der Waals surface area contributed by atoms with Gasteiger partial charge >= 0.3 is 0 Å². The lowest BCUT2D eigenvalue weighted by Gasteiger charge is -2.12. The molecule has 0 heterocycles. The molecule has 0 bridgehead atoms. The molecule has 0 unspecified atom stereocenters. The minimum Gasteiger partial charge on any atom is -0.497 e. The molecule has 0 saturated heterocycles. The first-order valence-electron chi connectivity index (χ1n) is 12.6. The molecule has 4 rings (SSSR count). The van der Waals surface area contributed by atoms with E-state index >= 15 is 0 Å². The summed E-state index contributed by atoms with van der Waals surface area (Å²) in [6.07, 6.45) is 1.60. The van der Waals surface area contributed by atoms with Crippen molar-refractivity contribution in [2.45, 2.75) is 4.90 Å². The summed E-state index contributed by atoms with van der Waals surface area (Å²) >= 11 is 1.37. The van der Waals surface area contributed by atoms with E-state index in [4.69, 9.17) is 9.47 Å². The van der Waals surface area contributed by atoms with E-state index in [0.29, 0.717) is 34.0 Å². The maximum absolute atomic E-state index is 13.2. The van der Waals surface area contributed by atoms with Crippen LogP contribution < -0.4 is 25.4 Å². The number of thioether (sulfide) groups is 1. The molecule has 0 aromatic heterocycles. The van der Waals surface area contributed by atoms with E-state index in [2.05, 4.69) is 16.0 Å². The average molecular weight is 568 g/mol. The molecule has 9 heteroatoms. The molecular weight excluding hydrogens is 538 g/mol. The summed E-state index contributed by atoms with van der Waals surface area (Å²) < 4.78 is 10.3. The zero-order chi connectivity index (χ0) is 29.0. The van der Waals surface area contributed by atoms with Crippen molar-refractivity contribution in [2.24, 2.45) is 0 Å². The van der Waals surface area contributed by atoms with Crippen molar-refractivity contribution in [3.63, 3.8) is 0 Å². The van der Waals surface area contributed by atoms with Gasteiger partial charge < -0.3 is 25.4 Å². The highest BCUT2D eigenvalue weighted by Crippen LogP contribution is 2.22. The van der Waals surface area contributed by atoms with Crippen molar-refractivity contribution in [1.82, 2.24) is 5.32 Å². The first-order chi connectivity index (χ1) is 19.9. The molecule has 4 aromatic carbocycles. The molecule has 3 N–H and O–H groups in total. The fraction of sp³-hybridized carbons (Fsp3) is 0.0938. The standard InChI is InChI=1S/C32H29N3O5S/c1-39-26-14-8-22(9-15-26)20-29(35-31(37)23-6-4-3-5-7-23)32(38)34-25-12-18-28(19-13-25)41-21-30(36)33-24-10-16-27(40-2)17-11-24/h3-20H,21H2,1-2H3,(H,33,36)(H,34,38)(H,35,37)/b29-20-. The topological polar surface area (TPSA) is 106 Å². The molecule has 0 aliphatic rings. The Kier molecular flexibility index (Phi) is 10.2. The largest absolute Gasteiger partial charge is 0.497 e. The third-order valence-electron chi connectivity index (χ3n) is 5.81. The quantitative estimate of drug-likeness (QED) is 0.155. The fourth-order valence-corrected chi connectivity index (χ4v) is 4.36. The summed E-state index contributed by atoms with van der Waals surface area (Å²) in [6.45, 7) is 0. The Labute approximate surface area is 242 Å². The normalized spacial score (nSPS) is 10.8. The van der Waals surface area contributed by atoms with Gasteiger partial charge in [-0.15, -0.1) is 11.8 Å². The predicted molar refractivity (Wildman–Crippen MR) is 162 cm³/mol. The number of anilines is 2. The van der Waals surface area contributed by atoms with Gasteiger partial charge in [-0.2, -0.15) is 0 Å². The van der Waals surface area contributed by atoms with Crippen LogP contribution >= 0.6 is 11.8 Å². The maximum atomic E-state index is 13.2. The SMILES string of the molecule is COc1ccc(/C=C(\NC(=O)c2ccccc2)C(=O)Nc2ccc(SCC(=O)Nc3ccc(OC)cc3)cc2)cc1. The van der Waals surface area contributed by atoms with Gasteiger partial charge in [0.05, 0.1) is 20.0 Å². The number of rotatable bonds is 11. The molecule has 0 saturated carbocycles. The lowest BCUT2D eigenvalue weighted by molar-refractivity contribution is -0.114. The van der Waals surface area contributed by atoms with E-state index in [1.54, 1.807) is 105 Å². The Morgan fingerprint density at radius 3 is 1.88 bits per heavy atom. The van der Waals surface area contributed by atoms with Gasteiger partial charge in [0.25, 0.3) is 11.8 Å². The number of nitrogens with one attached hydrogen (secondary N) is 3. The van der Waals surface area contributed by atoms with E-state index in [9.17, 15) is 14.4 Å². The number of amides is 3. The van der Waals surface area contributed by atoms with Crippen molar-refractivity contribution < 1.29 is 23.9 Å². The molecule has 208 valence electrons. The molecule has 0 aliphatic heterocycles. The Morgan fingerprint density at radius 1 is 0.707 bits per heavy atom. The molecule has 41 heavy (non-hydrogen) atoms. The molecule has 8 nitrogen and oxygen atoms in total. The van der Waals surface area contributed by atoms with Crippen LogP contribution in [0.15, 0.2) is 114 Å². The van der Waals surface area contributed by atoms with Gasteiger partial charge in [0.15, 0.2) is 0 Å². The van der Waals surface area contributed by atoms with Crippen molar-refractivity contribution in [1.29, 1.82) is 0 Å². The Balaban J connectivity index is 1.39. The second kappa shape index (κ2) is 14.4. The Morgan fingerprint density at radius 2 is 1.27 bits per heavy atom. The smallest absolute Gasteiger partial charge is 0.272 e. The number of methoxy groups -OCH3 is 2. The van der Waals surface area contributed by atoms with Crippen LogP contribution in [0.4, 0.5) is 11.4 Å². The number of benzene rings is 4. The van der Waals surface area contributed by atoms with Gasteiger partial charge in [-0.05, 0) is 84.4 Å². The number of ether oxygens (including phenoxy) is 2. The minimum atomic E-state index is -0.482. The third-order valence-corrected chi connectivity index (χ3v) is 6.82. The zero-order valence-corrected chi connectivity index (χ0v) is 23.4. The molecule has 3 amide bonds. The van der Waals surface area contributed by atoms with Crippen LogP contribution in [0.2, 0.25) is 0 Å². The summed E-state index contributed by atoms with van der Waals surface area (Å²) in [4.78, 5) is 39.3. The Bertz CT molecular complexity index is 1500. The second-order valence-corrected chi connectivity index (χ2v) is 9.74. The third kappa shape index (κ3) is 8.74. The molecule has 0 radical (unpaired) electrons. The van der Waals surface area contributed by atoms with Gasteiger partial charge in [-0.25, -0.2) is 0 Å². The van der Waals surface area contributed by atoms with Crippen LogP contribution in [0.3, 0.4) is 0 Å². The van der Waals surface area contributed by atoms with Gasteiger partial charge in [-0.1, -0.05) is 30.3 Å². The number of carbonyl (C=O) groups is 3. The van der Waals surface area contributed by atoms with Crippen molar-refractivity contribution >= 4 is 46.9 Å². The molecule has 4 aromatic rings. The molecule has 0 fully saturated rings. The summed E-state index contributed by atoms with van der Waals surface area (Å²) in [5.74, 6) is 0.589. The summed E-state index contributed by atoms with van der Waals surface area (Å²) in [5.41, 5.74) is 2.45. The van der Waals surface area contributed by atoms with E-state index in [1.165, 1.54) is 11.8 Å². The highest BCUT2D eigenvalue weighted by Gasteiger charge is 2.15. The fourth-order valence-electron chi connectivity index (χ4n) is 3.66. The lowest BCUT2D eigenvalue weighted by atomic mass is 10.1. The van der Waals surface area contributed by atoms with E-state index in [-0.39, 0.29) is 17.4 Å². The first-order valence-corrected chi connectivity index (χ1v) is 13.6. The van der Waals surface area contributed by atoms with Gasteiger partial charge in [-0.3, -0.25) is 14.4 Å². The monoisotopic (exact) mass is 567 g/mol. The first kappa shape index (κ1) is 29.0. The van der Waals surface area contributed by atoms with Crippen LogP contribution in [0, 0.1) is 0 Å². The summed E-state index contributed by atoms with van der Waals surface area (Å²) in [6, 6.07) is 30.0. The van der Waals surface area contributed by atoms with E-state index < -0.39 is 11.8 Å². The van der Waals surface area contributed by atoms with Crippen LogP contribution in [0.1, 0.15) is 15.9 Å². The summed E-state index contributed by atoms with van der Waals surface area (Å²) in [7, 11) is 3.16. The minimum absolute atomic E-state index is 0.0812.